The molecule has 17 heavy (non-hydrogen) atoms. The van der Waals surface area contributed by atoms with Crippen molar-refractivity contribution in [2.24, 2.45) is 0 Å². The first kappa shape index (κ1) is 14.2. The van der Waals surface area contributed by atoms with Crippen molar-refractivity contribution < 1.29 is 9.53 Å². The second kappa shape index (κ2) is 5.65. The summed E-state index contributed by atoms with van der Waals surface area (Å²) in [5, 5.41) is 0.499. The summed E-state index contributed by atoms with van der Waals surface area (Å²) in [6, 6.07) is 5.29. The fourth-order valence-corrected chi connectivity index (χ4v) is 2.07. The predicted molar refractivity (Wildman–Crippen MR) is 72.4 cm³/mol. The molecule has 0 saturated carbocycles. The number of carbonyl (C=O) groups excluding carboxylic acids is 1. The highest BCUT2D eigenvalue weighted by Crippen LogP contribution is 2.26. The molecule has 2 N–H and O–H groups in total. The molecule has 0 aliphatic rings. The third-order valence-corrected chi connectivity index (χ3v) is 3.04. The van der Waals surface area contributed by atoms with Crippen molar-refractivity contribution in [3.05, 3.63) is 23.2 Å². The van der Waals surface area contributed by atoms with Crippen LogP contribution in [-0.2, 0) is 9.53 Å². The van der Waals surface area contributed by atoms with E-state index in [1.807, 2.05) is 26.8 Å². The minimum atomic E-state index is -0.448. The van der Waals surface area contributed by atoms with E-state index in [1.54, 1.807) is 12.1 Å². The molecule has 0 aromatic heterocycles. The molecular weight excluding hydrogens is 258 g/mol. The van der Waals surface area contributed by atoms with Gasteiger partial charge in [0.05, 0.1) is 16.5 Å². The number of anilines is 1. The quantitative estimate of drug-likeness (QED) is 0.521. The van der Waals surface area contributed by atoms with E-state index >= 15 is 0 Å². The van der Waals surface area contributed by atoms with Gasteiger partial charge >= 0.3 is 5.97 Å². The van der Waals surface area contributed by atoms with Crippen molar-refractivity contribution in [3.8, 4) is 0 Å². The molecule has 1 rings (SSSR count). The number of nitrogen functional groups attached to an aromatic ring is 1. The fourth-order valence-electron chi connectivity index (χ4n) is 1.11. The van der Waals surface area contributed by atoms with Gasteiger partial charge in [0.2, 0.25) is 0 Å². The van der Waals surface area contributed by atoms with Crippen LogP contribution < -0.4 is 5.73 Å². The first-order valence-electron chi connectivity index (χ1n) is 5.17. The molecule has 0 unspecified atom stereocenters. The Labute approximate surface area is 111 Å². The number of rotatable bonds is 3. The monoisotopic (exact) mass is 273 g/mol. The van der Waals surface area contributed by atoms with Crippen LogP contribution in [0.5, 0.6) is 0 Å². The summed E-state index contributed by atoms with van der Waals surface area (Å²) < 4.78 is 5.20. The second-order valence-corrected chi connectivity index (χ2v) is 6.01. The summed E-state index contributed by atoms with van der Waals surface area (Å²) in [6.45, 7) is 5.53. The van der Waals surface area contributed by atoms with Gasteiger partial charge in [0.1, 0.15) is 5.60 Å². The SMILES string of the molecule is CC(C)(C)OC(=O)CSc1ccc(N)c(Cl)c1. The normalized spacial score (nSPS) is 11.3. The average Bonchev–Trinajstić information content (AvgIpc) is 2.17. The van der Waals surface area contributed by atoms with Crippen LogP contribution in [0, 0.1) is 0 Å². The summed E-state index contributed by atoms with van der Waals surface area (Å²) in [4.78, 5) is 12.4. The number of ether oxygens (including phenoxy) is 1. The molecule has 0 heterocycles. The van der Waals surface area contributed by atoms with Gasteiger partial charge in [-0.3, -0.25) is 4.79 Å². The highest BCUT2D eigenvalue weighted by molar-refractivity contribution is 8.00. The number of thioether (sulfide) groups is 1. The van der Waals surface area contributed by atoms with Crippen molar-refractivity contribution >= 4 is 35.0 Å². The molecule has 0 saturated heterocycles. The molecule has 1 aromatic rings. The number of hydrogen-bond donors (Lipinski definition) is 1. The number of carbonyl (C=O) groups is 1. The molecular formula is C12H16ClNO2S. The second-order valence-electron chi connectivity index (χ2n) is 4.56. The lowest BCUT2D eigenvalue weighted by Gasteiger charge is -2.19. The van der Waals surface area contributed by atoms with Gasteiger partial charge in [-0.05, 0) is 39.0 Å². The maximum atomic E-state index is 11.5. The zero-order valence-corrected chi connectivity index (χ0v) is 11.7. The van der Waals surface area contributed by atoms with Crippen LogP contribution in [0.25, 0.3) is 0 Å². The van der Waals surface area contributed by atoms with Gasteiger partial charge in [0.15, 0.2) is 0 Å². The molecule has 3 nitrogen and oxygen atoms in total. The van der Waals surface area contributed by atoms with E-state index in [4.69, 9.17) is 22.1 Å². The van der Waals surface area contributed by atoms with Crippen LogP contribution in [0.3, 0.4) is 0 Å². The van der Waals surface area contributed by atoms with Crippen LogP contribution in [0.4, 0.5) is 5.69 Å². The summed E-state index contributed by atoms with van der Waals surface area (Å²) in [6.07, 6.45) is 0. The van der Waals surface area contributed by atoms with Gasteiger partial charge in [-0.1, -0.05) is 11.6 Å². The molecule has 5 heteroatoms. The third kappa shape index (κ3) is 5.33. The van der Waals surface area contributed by atoms with E-state index in [1.165, 1.54) is 11.8 Å². The third-order valence-electron chi connectivity index (χ3n) is 1.75. The van der Waals surface area contributed by atoms with Crippen molar-refractivity contribution in [1.29, 1.82) is 0 Å². The Bertz CT molecular complexity index is 415. The molecule has 0 radical (unpaired) electrons. The Hall–Kier alpha value is -0.870. The summed E-state index contributed by atoms with van der Waals surface area (Å²) >= 11 is 7.26. The highest BCUT2D eigenvalue weighted by atomic mass is 35.5. The predicted octanol–water partition coefficient (Wildman–Crippen LogP) is 3.36. The first-order valence-corrected chi connectivity index (χ1v) is 6.54. The van der Waals surface area contributed by atoms with Crippen molar-refractivity contribution in [1.82, 2.24) is 0 Å². The van der Waals surface area contributed by atoms with Gasteiger partial charge in [0.25, 0.3) is 0 Å². The zero-order chi connectivity index (χ0) is 13.1. The van der Waals surface area contributed by atoms with Gasteiger partial charge in [0, 0.05) is 4.90 Å². The summed E-state index contributed by atoms with van der Waals surface area (Å²) in [5.41, 5.74) is 5.68. The lowest BCUT2D eigenvalue weighted by Crippen LogP contribution is -2.24. The number of benzene rings is 1. The summed E-state index contributed by atoms with van der Waals surface area (Å²) in [5.74, 6) is 0.0211. The Morgan fingerprint density at radius 3 is 2.65 bits per heavy atom. The minimum absolute atomic E-state index is 0.240. The van der Waals surface area contributed by atoms with E-state index in [9.17, 15) is 4.79 Å². The fraction of sp³-hybridized carbons (Fsp3) is 0.417. The Morgan fingerprint density at radius 1 is 1.47 bits per heavy atom. The van der Waals surface area contributed by atoms with E-state index < -0.39 is 5.60 Å². The topological polar surface area (TPSA) is 52.3 Å². The Morgan fingerprint density at radius 2 is 2.12 bits per heavy atom. The molecule has 1 aromatic carbocycles. The van der Waals surface area contributed by atoms with Crippen molar-refractivity contribution in [2.75, 3.05) is 11.5 Å². The molecule has 0 bridgehead atoms. The van der Waals surface area contributed by atoms with E-state index in [0.29, 0.717) is 10.7 Å². The molecule has 0 atom stereocenters. The molecule has 0 aliphatic heterocycles. The maximum absolute atomic E-state index is 11.5. The number of esters is 1. The van der Waals surface area contributed by atoms with Gasteiger partial charge in [-0.25, -0.2) is 0 Å². The molecule has 0 fully saturated rings. The van der Waals surface area contributed by atoms with Gasteiger partial charge in [-0.2, -0.15) is 0 Å². The lowest BCUT2D eigenvalue weighted by atomic mass is 10.2. The number of halogens is 1. The van der Waals surface area contributed by atoms with Gasteiger partial charge < -0.3 is 10.5 Å². The van der Waals surface area contributed by atoms with Crippen LogP contribution in [0.1, 0.15) is 20.8 Å². The summed E-state index contributed by atoms with van der Waals surface area (Å²) in [7, 11) is 0. The number of hydrogen-bond acceptors (Lipinski definition) is 4. The van der Waals surface area contributed by atoms with Crippen LogP contribution >= 0.6 is 23.4 Å². The maximum Gasteiger partial charge on any atom is 0.316 e. The largest absolute Gasteiger partial charge is 0.459 e. The molecule has 0 amide bonds. The number of nitrogens with two attached hydrogens (primary N) is 1. The molecule has 94 valence electrons. The minimum Gasteiger partial charge on any atom is -0.459 e. The van der Waals surface area contributed by atoms with Crippen LogP contribution in [0.2, 0.25) is 5.02 Å². The average molecular weight is 274 g/mol. The van der Waals surface area contributed by atoms with Crippen LogP contribution in [0.15, 0.2) is 23.1 Å². The smallest absolute Gasteiger partial charge is 0.316 e. The van der Waals surface area contributed by atoms with Crippen molar-refractivity contribution in [3.63, 3.8) is 0 Å². The van der Waals surface area contributed by atoms with Crippen molar-refractivity contribution in [2.45, 2.75) is 31.3 Å². The Balaban J connectivity index is 2.50. The van der Waals surface area contributed by atoms with Crippen LogP contribution in [-0.4, -0.2) is 17.3 Å². The van der Waals surface area contributed by atoms with E-state index in [0.717, 1.165) is 4.90 Å². The van der Waals surface area contributed by atoms with E-state index in [-0.39, 0.29) is 11.7 Å². The molecule has 0 aliphatic carbocycles. The standard InChI is InChI=1S/C12H16ClNO2S/c1-12(2,3)16-11(15)7-17-8-4-5-10(14)9(13)6-8/h4-6H,7,14H2,1-3H3. The van der Waals surface area contributed by atoms with Gasteiger partial charge in [-0.15, -0.1) is 11.8 Å². The Kier molecular flexibility index (Phi) is 4.71. The van der Waals surface area contributed by atoms with E-state index in [2.05, 4.69) is 0 Å². The molecule has 0 spiro atoms. The first-order chi connectivity index (χ1) is 7.78. The zero-order valence-electron chi connectivity index (χ0n) is 10.1. The lowest BCUT2D eigenvalue weighted by molar-refractivity contribution is -0.151. The highest BCUT2D eigenvalue weighted by Gasteiger charge is 2.16.